The van der Waals surface area contributed by atoms with Crippen molar-refractivity contribution >= 4 is 22.9 Å². The Hall–Kier alpha value is -3.10. The lowest BCUT2D eigenvalue weighted by Crippen LogP contribution is -2.37. The Morgan fingerprint density at radius 1 is 0.900 bits per heavy atom. The quantitative estimate of drug-likeness (QED) is 0.261. The minimum atomic E-state index is -0.0170. The summed E-state index contributed by atoms with van der Waals surface area (Å²) < 4.78 is 7.64. The van der Waals surface area contributed by atoms with Crippen molar-refractivity contribution in [3.05, 3.63) is 47.7 Å². The van der Waals surface area contributed by atoms with Crippen LogP contribution in [0.3, 0.4) is 0 Å². The average molecular weight is 548 g/mol. The number of aromatic nitrogens is 3. The highest BCUT2D eigenvalue weighted by Crippen LogP contribution is 2.26. The first kappa shape index (κ1) is 29.9. The van der Waals surface area contributed by atoms with Crippen molar-refractivity contribution in [2.45, 2.75) is 60.4 Å². The van der Waals surface area contributed by atoms with Crippen molar-refractivity contribution in [3.8, 4) is 11.4 Å². The molecule has 0 radical (unpaired) electrons. The first-order valence-electron chi connectivity index (χ1n) is 14.8. The summed E-state index contributed by atoms with van der Waals surface area (Å²) in [7, 11) is 0. The van der Waals surface area contributed by atoms with Crippen LogP contribution < -0.4 is 0 Å². The first-order valence-corrected chi connectivity index (χ1v) is 14.8. The summed E-state index contributed by atoms with van der Waals surface area (Å²) in [6.07, 6.45) is 2.86. The van der Waals surface area contributed by atoms with Gasteiger partial charge in [0.05, 0.1) is 13.2 Å². The zero-order chi connectivity index (χ0) is 28.6. The number of nitrogens with zero attached hydrogens (tertiary/aromatic N) is 5. The van der Waals surface area contributed by atoms with Gasteiger partial charge in [-0.15, -0.1) is 0 Å². The molecule has 1 aromatic carbocycles. The third-order valence-electron chi connectivity index (χ3n) is 7.56. The van der Waals surface area contributed by atoms with Crippen LogP contribution in [0.4, 0.5) is 0 Å². The first-order chi connectivity index (χ1) is 19.2. The normalized spacial score (nSPS) is 14.4. The number of hydrogen-bond acceptors (Lipinski definition) is 6. The minimum absolute atomic E-state index is 0.0170. The van der Waals surface area contributed by atoms with Crippen molar-refractivity contribution in [1.82, 2.24) is 24.3 Å². The van der Waals surface area contributed by atoms with Crippen LogP contribution in [0.15, 0.2) is 36.4 Å². The molecule has 8 heteroatoms. The maximum absolute atomic E-state index is 13.7. The molecule has 1 fully saturated rings. The highest BCUT2D eigenvalue weighted by atomic mass is 16.5. The molecule has 0 atom stereocenters. The number of imidazole rings is 1. The summed E-state index contributed by atoms with van der Waals surface area (Å²) >= 11 is 0. The summed E-state index contributed by atoms with van der Waals surface area (Å²) in [6.45, 7) is 16.9. The van der Waals surface area contributed by atoms with Crippen LogP contribution in [0, 0.1) is 11.8 Å². The Balaban J connectivity index is 1.66. The van der Waals surface area contributed by atoms with E-state index < -0.39 is 0 Å². The van der Waals surface area contributed by atoms with E-state index in [4.69, 9.17) is 14.7 Å². The molecule has 0 saturated carbocycles. The Kier molecular flexibility index (Phi) is 10.5. The smallest absolute Gasteiger partial charge is 0.272 e. The zero-order valence-corrected chi connectivity index (χ0v) is 24.9. The number of rotatable bonds is 13. The molecule has 2 aromatic heterocycles. The Morgan fingerprint density at radius 2 is 1.55 bits per heavy atom. The van der Waals surface area contributed by atoms with E-state index in [1.165, 1.54) is 0 Å². The molecule has 1 aliphatic heterocycles. The highest BCUT2D eigenvalue weighted by molar-refractivity contribution is 5.95. The van der Waals surface area contributed by atoms with Crippen molar-refractivity contribution in [2.75, 3.05) is 45.9 Å². The number of amides is 1. The van der Waals surface area contributed by atoms with Gasteiger partial charge in [-0.3, -0.25) is 14.5 Å². The summed E-state index contributed by atoms with van der Waals surface area (Å²) in [4.78, 5) is 39.8. The lowest BCUT2D eigenvalue weighted by Gasteiger charge is -2.26. The number of ketones is 1. The van der Waals surface area contributed by atoms with Gasteiger partial charge in [0.1, 0.15) is 17.0 Å². The van der Waals surface area contributed by atoms with Gasteiger partial charge in [0.2, 0.25) is 0 Å². The average Bonchev–Trinajstić information content (AvgIpc) is 3.31. The maximum Gasteiger partial charge on any atom is 0.272 e. The summed E-state index contributed by atoms with van der Waals surface area (Å²) in [6, 6.07) is 11.3. The highest BCUT2D eigenvalue weighted by Gasteiger charge is 2.21. The van der Waals surface area contributed by atoms with E-state index in [0.29, 0.717) is 23.1 Å². The standard InChI is InChI=1S/C32H45N5O3/c1-23(2)13-17-36(18-14-24(3)4)32(39)29-12-11-28-31(34-29)37(16-6-15-35-19-21-40-22-20-35)30(33-28)27-9-7-26(8-10-27)25(5)38/h7-12,23-24H,6,13-22H2,1-5H3. The number of carbonyl (C=O) groups is 2. The van der Waals surface area contributed by atoms with Gasteiger partial charge in [-0.2, -0.15) is 0 Å². The SMILES string of the molecule is CC(=O)c1ccc(-c2nc3ccc(C(=O)N(CCC(C)C)CCC(C)C)nc3n2CCCN2CCOCC2)cc1. The molecule has 1 aliphatic rings. The molecular formula is C32H45N5O3. The summed E-state index contributed by atoms with van der Waals surface area (Å²) in [5.74, 6) is 1.87. The van der Waals surface area contributed by atoms with Gasteiger partial charge in [-0.25, -0.2) is 9.97 Å². The second kappa shape index (κ2) is 14.0. The molecule has 1 amide bonds. The summed E-state index contributed by atoms with van der Waals surface area (Å²) in [5.41, 5.74) is 3.56. The van der Waals surface area contributed by atoms with E-state index >= 15 is 0 Å². The molecule has 0 aliphatic carbocycles. The monoisotopic (exact) mass is 547 g/mol. The molecule has 8 nitrogen and oxygen atoms in total. The predicted octanol–water partition coefficient (Wildman–Crippen LogP) is 5.56. The van der Waals surface area contributed by atoms with E-state index in [9.17, 15) is 9.59 Å². The molecule has 0 bridgehead atoms. The fourth-order valence-electron chi connectivity index (χ4n) is 4.99. The number of aryl methyl sites for hydroxylation is 1. The van der Waals surface area contributed by atoms with Gasteiger partial charge in [-0.1, -0.05) is 52.0 Å². The van der Waals surface area contributed by atoms with Gasteiger partial charge in [0.25, 0.3) is 5.91 Å². The molecule has 4 rings (SSSR count). The van der Waals surface area contributed by atoms with E-state index in [-0.39, 0.29) is 11.7 Å². The summed E-state index contributed by atoms with van der Waals surface area (Å²) in [5, 5.41) is 0. The second-order valence-corrected chi connectivity index (χ2v) is 11.7. The zero-order valence-electron chi connectivity index (χ0n) is 24.9. The number of pyridine rings is 1. The molecular weight excluding hydrogens is 502 g/mol. The molecule has 216 valence electrons. The Labute approximate surface area is 238 Å². The largest absolute Gasteiger partial charge is 0.379 e. The third-order valence-corrected chi connectivity index (χ3v) is 7.56. The number of hydrogen-bond donors (Lipinski definition) is 0. The van der Waals surface area contributed by atoms with Crippen molar-refractivity contribution in [1.29, 1.82) is 0 Å². The molecule has 40 heavy (non-hydrogen) atoms. The van der Waals surface area contributed by atoms with Gasteiger partial charge in [0, 0.05) is 50.4 Å². The van der Waals surface area contributed by atoms with Crippen LogP contribution in [0.2, 0.25) is 0 Å². The topological polar surface area (TPSA) is 80.6 Å². The van der Waals surface area contributed by atoms with Crippen LogP contribution in [0.1, 0.15) is 74.7 Å². The van der Waals surface area contributed by atoms with Crippen LogP contribution in [-0.4, -0.2) is 82.0 Å². The van der Waals surface area contributed by atoms with Crippen molar-refractivity contribution in [2.24, 2.45) is 11.8 Å². The number of fused-ring (bicyclic) bond motifs is 1. The molecule has 0 N–H and O–H groups in total. The van der Waals surface area contributed by atoms with Crippen LogP contribution in [-0.2, 0) is 11.3 Å². The fraction of sp³-hybridized carbons (Fsp3) is 0.562. The van der Waals surface area contributed by atoms with Crippen molar-refractivity contribution in [3.63, 3.8) is 0 Å². The van der Waals surface area contributed by atoms with Crippen molar-refractivity contribution < 1.29 is 14.3 Å². The number of benzene rings is 1. The van der Waals surface area contributed by atoms with Gasteiger partial charge in [-0.05, 0) is 50.2 Å². The van der Waals surface area contributed by atoms with Gasteiger partial charge >= 0.3 is 0 Å². The van der Waals surface area contributed by atoms with E-state index in [0.717, 1.165) is 94.3 Å². The number of ether oxygens (including phenoxy) is 1. The van der Waals surface area contributed by atoms with Crippen LogP contribution >= 0.6 is 0 Å². The Bertz CT molecular complexity index is 1260. The fourth-order valence-corrected chi connectivity index (χ4v) is 4.99. The van der Waals surface area contributed by atoms with Crippen LogP contribution in [0.25, 0.3) is 22.6 Å². The number of morpholine rings is 1. The van der Waals surface area contributed by atoms with Crippen LogP contribution in [0.5, 0.6) is 0 Å². The number of carbonyl (C=O) groups excluding carboxylic acids is 2. The van der Waals surface area contributed by atoms with Gasteiger partial charge in [0.15, 0.2) is 11.4 Å². The molecule has 0 unspecified atom stereocenters. The Morgan fingerprint density at radius 3 is 2.15 bits per heavy atom. The molecule has 0 spiro atoms. The lowest BCUT2D eigenvalue weighted by atomic mass is 10.1. The van der Waals surface area contributed by atoms with E-state index in [1.807, 2.05) is 41.3 Å². The van der Waals surface area contributed by atoms with Gasteiger partial charge < -0.3 is 14.2 Å². The van der Waals surface area contributed by atoms with E-state index in [1.54, 1.807) is 6.92 Å². The van der Waals surface area contributed by atoms with E-state index in [2.05, 4.69) is 37.2 Å². The lowest BCUT2D eigenvalue weighted by molar-refractivity contribution is 0.0370. The molecule has 1 saturated heterocycles. The second-order valence-electron chi connectivity index (χ2n) is 11.7. The maximum atomic E-state index is 13.7. The minimum Gasteiger partial charge on any atom is -0.379 e. The predicted molar refractivity (Wildman–Crippen MR) is 160 cm³/mol. The third kappa shape index (κ3) is 7.76. The molecule has 3 aromatic rings. The number of Topliss-reactive ketones (excluding diaryl/α,β-unsaturated/α-hetero) is 1. The molecule has 3 heterocycles.